The zero-order chi connectivity index (χ0) is 17.8. The molecule has 0 amide bonds. The van der Waals surface area contributed by atoms with Gasteiger partial charge in [-0.05, 0) is 42.9 Å². The third-order valence-corrected chi connectivity index (χ3v) is 4.20. The van der Waals surface area contributed by atoms with Crippen molar-refractivity contribution in [1.29, 1.82) is 0 Å². The maximum atomic E-state index is 6.01. The Hall–Kier alpha value is -2.38. The van der Waals surface area contributed by atoms with Crippen LogP contribution >= 0.6 is 23.8 Å². The zero-order valence-corrected chi connectivity index (χ0v) is 15.6. The van der Waals surface area contributed by atoms with Crippen LogP contribution in [-0.2, 0) is 20.1 Å². The Morgan fingerprint density at radius 1 is 1.32 bits per heavy atom. The molecule has 0 saturated carbocycles. The fraction of sp³-hybridized carbons (Fsp3) is 0.235. The number of thiocarbonyl (C=S) groups is 1. The molecule has 0 unspecified atom stereocenters. The van der Waals surface area contributed by atoms with Crippen molar-refractivity contribution in [2.45, 2.75) is 20.0 Å². The molecular formula is C17H19ClN6S. The summed E-state index contributed by atoms with van der Waals surface area (Å²) in [6, 6.07) is 9.75. The number of hydrogen-bond acceptors (Lipinski definition) is 3. The first-order valence-corrected chi connectivity index (χ1v) is 8.59. The number of halogens is 1. The summed E-state index contributed by atoms with van der Waals surface area (Å²) in [5, 5.41) is 16.2. The lowest BCUT2D eigenvalue weighted by atomic mass is 10.2. The van der Waals surface area contributed by atoms with E-state index in [4.69, 9.17) is 23.8 Å². The summed E-state index contributed by atoms with van der Waals surface area (Å²) in [5.74, 6) is 0. The van der Waals surface area contributed by atoms with Crippen molar-refractivity contribution >= 4 is 34.6 Å². The van der Waals surface area contributed by atoms with Crippen molar-refractivity contribution in [2.24, 2.45) is 7.05 Å². The summed E-state index contributed by atoms with van der Waals surface area (Å²) in [6.07, 6.45) is 3.64. The predicted molar refractivity (Wildman–Crippen MR) is 104 cm³/mol. The molecule has 0 saturated heterocycles. The van der Waals surface area contributed by atoms with Gasteiger partial charge in [0.25, 0.3) is 0 Å². The quantitative estimate of drug-likeness (QED) is 0.672. The summed E-state index contributed by atoms with van der Waals surface area (Å²) >= 11 is 11.3. The molecule has 3 aromatic rings. The third kappa shape index (κ3) is 4.80. The summed E-state index contributed by atoms with van der Waals surface area (Å²) in [6.45, 7) is 3.24. The number of hydrogen-bond donors (Lipinski definition) is 2. The molecule has 0 fully saturated rings. The highest BCUT2D eigenvalue weighted by atomic mass is 35.5. The molecule has 8 heteroatoms. The molecule has 0 bridgehead atoms. The number of aryl methyl sites for hydroxylation is 2. The topological polar surface area (TPSA) is 59.7 Å². The Morgan fingerprint density at radius 3 is 2.88 bits per heavy atom. The van der Waals surface area contributed by atoms with Gasteiger partial charge in [-0.1, -0.05) is 23.7 Å². The van der Waals surface area contributed by atoms with Gasteiger partial charge in [-0.2, -0.15) is 10.2 Å². The highest BCUT2D eigenvalue weighted by molar-refractivity contribution is 7.80. The Morgan fingerprint density at radius 2 is 2.16 bits per heavy atom. The molecule has 0 aliphatic carbocycles. The SMILES string of the molecule is Cc1cc(CNC(=S)Nc2cnn(Cc3cccc(Cl)c3)c2)nn1C. The van der Waals surface area contributed by atoms with Crippen LogP contribution in [0.2, 0.25) is 5.02 Å². The first kappa shape index (κ1) is 17.4. The van der Waals surface area contributed by atoms with Crippen molar-refractivity contribution in [1.82, 2.24) is 24.9 Å². The summed E-state index contributed by atoms with van der Waals surface area (Å²) in [4.78, 5) is 0. The number of rotatable bonds is 5. The van der Waals surface area contributed by atoms with Gasteiger partial charge in [0.05, 0.1) is 30.7 Å². The van der Waals surface area contributed by atoms with E-state index in [1.807, 2.05) is 59.9 Å². The fourth-order valence-electron chi connectivity index (χ4n) is 2.40. The Bertz CT molecular complexity index is 865. The molecule has 1 aromatic carbocycles. The lowest BCUT2D eigenvalue weighted by molar-refractivity contribution is 0.687. The maximum absolute atomic E-state index is 6.01. The van der Waals surface area contributed by atoms with Crippen LogP contribution in [0, 0.1) is 6.92 Å². The molecule has 0 atom stereocenters. The lowest BCUT2D eigenvalue weighted by Crippen LogP contribution is -2.27. The summed E-state index contributed by atoms with van der Waals surface area (Å²) < 4.78 is 3.67. The largest absolute Gasteiger partial charge is 0.357 e. The Labute approximate surface area is 156 Å². The number of anilines is 1. The van der Waals surface area contributed by atoms with Crippen LogP contribution < -0.4 is 10.6 Å². The van der Waals surface area contributed by atoms with Crippen LogP contribution in [0.1, 0.15) is 17.0 Å². The second kappa shape index (κ2) is 7.67. The van der Waals surface area contributed by atoms with E-state index in [-0.39, 0.29) is 0 Å². The first-order valence-electron chi connectivity index (χ1n) is 7.81. The summed E-state index contributed by atoms with van der Waals surface area (Å²) in [7, 11) is 1.92. The molecule has 2 N–H and O–H groups in total. The van der Waals surface area contributed by atoms with E-state index in [0.29, 0.717) is 18.2 Å². The standard InChI is InChI=1S/C17H19ClN6S/c1-12-6-15(22-23(12)2)8-19-17(25)21-16-9-20-24(11-16)10-13-4-3-5-14(18)7-13/h3-7,9,11H,8,10H2,1-2H3,(H2,19,21,25). The molecule has 0 radical (unpaired) electrons. The monoisotopic (exact) mass is 374 g/mol. The Kier molecular flexibility index (Phi) is 5.35. The van der Waals surface area contributed by atoms with Gasteiger partial charge in [0, 0.05) is 24.0 Å². The van der Waals surface area contributed by atoms with Gasteiger partial charge >= 0.3 is 0 Å². The molecule has 6 nitrogen and oxygen atoms in total. The van der Waals surface area contributed by atoms with E-state index in [2.05, 4.69) is 20.8 Å². The number of nitrogens with zero attached hydrogens (tertiary/aromatic N) is 4. The van der Waals surface area contributed by atoms with Gasteiger partial charge in [-0.15, -0.1) is 0 Å². The third-order valence-electron chi connectivity index (χ3n) is 3.72. The Balaban J connectivity index is 1.53. The van der Waals surface area contributed by atoms with E-state index >= 15 is 0 Å². The average Bonchev–Trinajstić information content (AvgIpc) is 3.12. The molecule has 25 heavy (non-hydrogen) atoms. The second-order valence-electron chi connectivity index (χ2n) is 5.76. The van der Waals surface area contributed by atoms with Crippen LogP contribution in [0.4, 0.5) is 5.69 Å². The lowest BCUT2D eigenvalue weighted by Gasteiger charge is -2.07. The van der Waals surface area contributed by atoms with Gasteiger partial charge < -0.3 is 10.6 Å². The van der Waals surface area contributed by atoms with Gasteiger partial charge in [0.15, 0.2) is 5.11 Å². The van der Waals surface area contributed by atoms with Gasteiger partial charge in [0.2, 0.25) is 0 Å². The van der Waals surface area contributed by atoms with E-state index < -0.39 is 0 Å². The molecular weight excluding hydrogens is 356 g/mol. The minimum absolute atomic E-state index is 0.533. The molecule has 3 rings (SSSR count). The average molecular weight is 375 g/mol. The van der Waals surface area contributed by atoms with Crippen LogP contribution in [0.15, 0.2) is 42.7 Å². The van der Waals surface area contributed by atoms with Crippen LogP contribution in [0.3, 0.4) is 0 Å². The molecule has 0 aliphatic rings. The normalized spacial score (nSPS) is 10.7. The molecule has 2 aromatic heterocycles. The highest BCUT2D eigenvalue weighted by Gasteiger charge is 2.05. The van der Waals surface area contributed by atoms with E-state index in [1.54, 1.807) is 6.20 Å². The fourth-order valence-corrected chi connectivity index (χ4v) is 2.81. The smallest absolute Gasteiger partial charge is 0.171 e. The first-order chi connectivity index (χ1) is 12.0. The number of nitrogens with one attached hydrogen (secondary N) is 2. The van der Waals surface area contributed by atoms with Crippen molar-refractivity contribution in [3.05, 3.63) is 64.7 Å². The molecule has 0 spiro atoms. The number of benzene rings is 1. The second-order valence-corrected chi connectivity index (χ2v) is 6.61. The zero-order valence-electron chi connectivity index (χ0n) is 14.0. The van der Waals surface area contributed by atoms with Crippen LogP contribution in [0.25, 0.3) is 0 Å². The highest BCUT2D eigenvalue weighted by Crippen LogP contribution is 2.13. The molecule has 2 heterocycles. The molecule has 130 valence electrons. The van der Waals surface area contributed by atoms with Crippen molar-refractivity contribution in [2.75, 3.05) is 5.32 Å². The van der Waals surface area contributed by atoms with Gasteiger partial charge in [-0.3, -0.25) is 9.36 Å². The van der Waals surface area contributed by atoms with Crippen molar-refractivity contribution in [3.63, 3.8) is 0 Å². The predicted octanol–water partition coefficient (Wildman–Crippen LogP) is 3.11. The summed E-state index contributed by atoms with van der Waals surface area (Å²) in [5.41, 5.74) is 3.98. The number of aromatic nitrogens is 4. The van der Waals surface area contributed by atoms with E-state index in [1.165, 1.54) is 0 Å². The van der Waals surface area contributed by atoms with Crippen molar-refractivity contribution in [3.8, 4) is 0 Å². The van der Waals surface area contributed by atoms with Gasteiger partial charge in [0.1, 0.15) is 0 Å². The minimum atomic E-state index is 0.533. The maximum Gasteiger partial charge on any atom is 0.171 e. The van der Waals surface area contributed by atoms with Gasteiger partial charge in [-0.25, -0.2) is 0 Å². The molecule has 0 aliphatic heterocycles. The van der Waals surface area contributed by atoms with Crippen molar-refractivity contribution < 1.29 is 0 Å². The van der Waals surface area contributed by atoms with Crippen LogP contribution in [0.5, 0.6) is 0 Å². The van der Waals surface area contributed by atoms with Crippen LogP contribution in [-0.4, -0.2) is 24.7 Å². The van der Waals surface area contributed by atoms with E-state index in [9.17, 15) is 0 Å². The minimum Gasteiger partial charge on any atom is -0.357 e. The van der Waals surface area contributed by atoms with E-state index in [0.717, 1.165) is 27.7 Å².